The van der Waals surface area contributed by atoms with Gasteiger partial charge in [0.15, 0.2) is 5.13 Å². The van der Waals surface area contributed by atoms with Crippen LogP contribution in [0.1, 0.15) is 17.3 Å². The molecule has 1 aliphatic heterocycles. The minimum Gasteiger partial charge on any atom is -0.464 e. The van der Waals surface area contributed by atoms with Gasteiger partial charge in [-0.2, -0.15) is 0 Å². The van der Waals surface area contributed by atoms with Crippen LogP contribution < -0.4 is 4.90 Å². The Bertz CT molecular complexity index is 933. The zero-order chi connectivity index (χ0) is 19.7. The van der Waals surface area contributed by atoms with Crippen molar-refractivity contribution in [1.29, 1.82) is 0 Å². The minimum absolute atomic E-state index is 0.112. The van der Waals surface area contributed by atoms with Crippen LogP contribution in [0.5, 0.6) is 0 Å². The van der Waals surface area contributed by atoms with Crippen molar-refractivity contribution in [2.75, 3.05) is 19.1 Å². The van der Waals surface area contributed by atoms with Crippen molar-refractivity contribution in [3.63, 3.8) is 0 Å². The first-order chi connectivity index (χ1) is 12.9. The number of esters is 1. The second-order valence-corrected chi connectivity index (χ2v) is 7.50. The van der Waals surface area contributed by atoms with Gasteiger partial charge < -0.3 is 9.57 Å². The Morgan fingerprint density at radius 1 is 1.33 bits per heavy atom. The van der Waals surface area contributed by atoms with Gasteiger partial charge in [0.05, 0.1) is 13.2 Å². The molecule has 2 aromatic rings. The van der Waals surface area contributed by atoms with Crippen LogP contribution in [-0.2, 0) is 19.2 Å². The molecule has 0 N–H and O–H groups in total. The van der Waals surface area contributed by atoms with Gasteiger partial charge in [0, 0.05) is 15.4 Å². The molecule has 142 valence electrons. The average Bonchev–Trinajstić information content (AvgIpc) is 3.12. The predicted octanol–water partition coefficient (Wildman–Crippen LogP) is 3.67. The molecule has 1 aromatic carbocycles. The molecule has 1 fully saturated rings. The van der Waals surface area contributed by atoms with Gasteiger partial charge in [-0.3, -0.25) is 9.69 Å². The number of nitrogens with zero attached hydrogens (tertiary/aromatic N) is 3. The molecular weight excluding hydrogens is 437 g/mol. The maximum Gasteiger partial charge on any atom is 0.362 e. The lowest BCUT2D eigenvalue weighted by Crippen LogP contribution is -2.56. The lowest BCUT2D eigenvalue weighted by molar-refractivity contribution is -0.132. The number of hydrogen-bond donors (Lipinski definition) is 0. The van der Waals surface area contributed by atoms with E-state index in [4.69, 9.17) is 34.8 Å². The molecule has 3 rings (SSSR count). The molecule has 1 saturated heterocycles. The maximum absolute atomic E-state index is 12.4. The molecule has 0 saturated carbocycles. The third kappa shape index (κ3) is 3.62. The number of carbonyl (C=O) groups is 2. The van der Waals surface area contributed by atoms with Crippen LogP contribution >= 0.6 is 46.1 Å². The van der Waals surface area contributed by atoms with E-state index in [-0.39, 0.29) is 17.3 Å². The van der Waals surface area contributed by atoms with E-state index in [0.717, 1.165) is 11.3 Å². The molecular formula is C16H12Cl3N3O4S. The summed E-state index contributed by atoms with van der Waals surface area (Å²) in [4.78, 5) is 34.6. The summed E-state index contributed by atoms with van der Waals surface area (Å²) < 4.78 is 4.67. The number of hydrogen-bond acceptors (Lipinski definition) is 7. The Morgan fingerprint density at radius 2 is 2.07 bits per heavy atom. The quantitative estimate of drug-likeness (QED) is 0.229. The van der Waals surface area contributed by atoms with Crippen molar-refractivity contribution >= 4 is 68.9 Å². The molecule has 7 nitrogen and oxygen atoms in total. The molecule has 1 amide bonds. The first kappa shape index (κ1) is 19.9. The zero-order valence-electron chi connectivity index (χ0n) is 14.0. The van der Waals surface area contributed by atoms with E-state index in [2.05, 4.69) is 19.7 Å². The first-order valence-electron chi connectivity index (χ1n) is 7.46. The van der Waals surface area contributed by atoms with E-state index in [0.29, 0.717) is 20.7 Å². The highest BCUT2D eigenvalue weighted by atomic mass is 35.5. The van der Waals surface area contributed by atoms with Crippen LogP contribution in [0.25, 0.3) is 0 Å². The number of carbonyl (C=O) groups excluding carboxylic acids is 2. The lowest BCUT2D eigenvalue weighted by atomic mass is 9.94. The van der Waals surface area contributed by atoms with Crippen molar-refractivity contribution in [2.45, 2.75) is 11.4 Å². The molecule has 1 aliphatic rings. The van der Waals surface area contributed by atoms with Gasteiger partial charge in [-0.05, 0) is 17.7 Å². The number of benzene rings is 1. The Labute approximate surface area is 173 Å². The van der Waals surface area contributed by atoms with Crippen LogP contribution in [0.15, 0.2) is 28.7 Å². The standard InChI is InChI=1S/C16H12Cl3N3O4S/c1-25-15(24)12(21-26-2)10-6-27-16(20-10)22-13(11(19)14(22)23)8-4-3-7(17)5-9(8)18/h3-6,11,13H,1-2H3/b21-12-. The number of alkyl halides is 1. The fraction of sp³-hybridized carbons (Fsp3) is 0.250. The van der Waals surface area contributed by atoms with E-state index < -0.39 is 17.4 Å². The third-order valence-corrected chi connectivity index (χ3v) is 5.64. The lowest BCUT2D eigenvalue weighted by Gasteiger charge is -2.43. The average molecular weight is 449 g/mol. The van der Waals surface area contributed by atoms with Gasteiger partial charge in [-0.25, -0.2) is 9.78 Å². The van der Waals surface area contributed by atoms with Gasteiger partial charge in [0.1, 0.15) is 18.2 Å². The number of oxime groups is 1. The van der Waals surface area contributed by atoms with E-state index in [1.807, 2.05) is 0 Å². The molecule has 27 heavy (non-hydrogen) atoms. The maximum atomic E-state index is 12.4. The molecule has 0 aliphatic carbocycles. The molecule has 2 heterocycles. The van der Waals surface area contributed by atoms with Gasteiger partial charge in [0.25, 0.3) is 0 Å². The van der Waals surface area contributed by atoms with Crippen molar-refractivity contribution in [2.24, 2.45) is 5.16 Å². The Balaban J connectivity index is 1.96. The second-order valence-electron chi connectivity index (χ2n) is 5.35. The molecule has 0 radical (unpaired) electrons. The summed E-state index contributed by atoms with van der Waals surface area (Å²) in [7, 11) is 2.52. The molecule has 11 heteroatoms. The number of amides is 1. The largest absolute Gasteiger partial charge is 0.464 e. The van der Waals surface area contributed by atoms with E-state index in [1.165, 1.54) is 19.1 Å². The monoisotopic (exact) mass is 447 g/mol. The van der Waals surface area contributed by atoms with Crippen LogP contribution in [0.3, 0.4) is 0 Å². The number of anilines is 1. The minimum atomic E-state index is -0.788. The predicted molar refractivity (Wildman–Crippen MR) is 104 cm³/mol. The molecule has 2 unspecified atom stereocenters. The fourth-order valence-electron chi connectivity index (χ4n) is 2.57. The second kappa shape index (κ2) is 8.02. The molecule has 1 aromatic heterocycles. The zero-order valence-corrected chi connectivity index (χ0v) is 17.1. The summed E-state index contributed by atoms with van der Waals surface area (Å²) >= 11 is 19.6. The van der Waals surface area contributed by atoms with Crippen molar-refractivity contribution in [3.05, 3.63) is 44.9 Å². The Hall–Kier alpha value is -1.87. The van der Waals surface area contributed by atoms with E-state index >= 15 is 0 Å². The van der Waals surface area contributed by atoms with Crippen molar-refractivity contribution in [3.8, 4) is 0 Å². The number of methoxy groups -OCH3 is 1. The SMILES string of the molecule is CO/N=C(\C(=O)OC)c1csc(N2C(=O)C(Cl)C2c2ccc(Cl)cc2Cl)n1. The number of aromatic nitrogens is 1. The molecule has 0 bridgehead atoms. The highest BCUT2D eigenvalue weighted by Gasteiger charge is 2.50. The fourth-order valence-corrected chi connectivity index (χ4v) is 4.29. The number of thiazole rings is 1. The van der Waals surface area contributed by atoms with Crippen LogP contribution in [0.4, 0.5) is 5.13 Å². The topological polar surface area (TPSA) is 81.1 Å². The normalized spacial score (nSPS) is 19.7. The van der Waals surface area contributed by atoms with Crippen LogP contribution in [0, 0.1) is 0 Å². The van der Waals surface area contributed by atoms with Gasteiger partial charge in [-0.1, -0.05) is 34.4 Å². The summed E-state index contributed by atoms with van der Waals surface area (Å²) in [6.07, 6.45) is 0. The van der Waals surface area contributed by atoms with Crippen LogP contribution in [-0.4, -0.2) is 42.2 Å². The summed E-state index contributed by atoms with van der Waals surface area (Å²) in [5.74, 6) is -1.03. The van der Waals surface area contributed by atoms with Gasteiger partial charge in [-0.15, -0.1) is 22.9 Å². The molecule has 2 atom stereocenters. The van der Waals surface area contributed by atoms with Crippen molar-refractivity contribution in [1.82, 2.24) is 4.98 Å². The summed E-state index contributed by atoms with van der Waals surface area (Å²) in [5, 5.41) is 5.63. The number of halogens is 3. The highest BCUT2D eigenvalue weighted by Crippen LogP contribution is 2.45. The third-order valence-electron chi connectivity index (χ3n) is 3.81. The number of ether oxygens (including phenoxy) is 1. The Morgan fingerprint density at radius 3 is 2.70 bits per heavy atom. The number of rotatable bonds is 5. The highest BCUT2D eigenvalue weighted by molar-refractivity contribution is 7.14. The number of β-lactam (4-membered cyclic amide) rings is 1. The first-order valence-corrected chi connectivity index (χ1v) is 9.53. The van der Waals surface area contributed by atoms with Gasteiger partial charge in [0.2, 0.25) is 11.6 Å². The van der Waals surface area contributed by atoms with Gasteiger partial charge >= 0.3 is 5.97 Å². The van der Waals surface area contributed by atoms with Crippen LogP contribution in [0.2, 0.25) is 10.0 Å². The van der Waals surface area contributed by atoms with Crippen molar-refractivity contribution < 1.29 is 19.2 Å². The van der Waals surface area contributed by atoms with E-state index in [9.17, 15) is 9.59 Å². The molecule has 0 spiro atoms. The smallest absolute Gasteiger partial charge is 0.362 e. The summed E-state index contributed by atoms with van der Waals surface area (Å²) in [5.41, 5.74) is 0.755. The van der Waals surface area contributed by atoms with E-state index in [1.54, 1.807) is 23.6 Å². The summed E-state index contributed by atoms with van der Waals surface area (Å²) in [6, 6.07) is 4.45. The summed E-state index contributed by atoms with van der Waals surface area (Å²) in [6.45, 7) is 0. The Kier molecular flexibility index (Phi) is 5.90.